The number of amides is 3. The number of carbonyl (C=O) groups is 3. The van der Waals surface area contributed by atoms with Crippen molar-refractivity contribution in [3.8, 4) is 0 Å². The van der Waals surface area contributed by atoms with Gasteiger partial charge in [0.1, 0.15) is 5.76 Å². The van der Waals surface area contributed by atoms with Crippen LogP contribution in [-0.4, -0.2) is 65.8 Å². The van der Waals surface area contributed by atoms with Crippen molar-refractivity contribution in [1.29, 1.82) is 0 Å². The smallest absolute Gasteiger partial charge is 0.319 e. The zero-order valence-corrected chi connectivity index (χ0v) is 22.9. The molecule has 1 aromatic heterocycles. The van der Waals surface area contributed by atoms with Crippen molar-refractivity contribution in [3.63, 3.8) is 0 Å². The number of urea groups is 1. The van der Waals surface area contributed by atoms with Gasteiger partial charge in [-0.05, 0) is 35.7 Å². The third-order valence-electron chi connectivity index (χ3n) is 6.77. The third-order valence-corrected chi connectivity index (χ3v) is 7.09. The van der Waals surface area contributed by atoms with Crippen LogP contribution in [0.5, 0.6) is 0 Å². The van der Waals surface area contributed by atoms with Crippen LogP contribution in [0.2, 0.25) is 5.02 Å². The van der Waals surface area contributed by atoms with Gasteiger partial charge < -0.3 is 24.8 Å². The van der Waals surface area contributed by atoms with Gasteiger partial charge in [0.25, 0.3) is 5.91 Å². The van der Waals surface area contributed by atoms with Crippen molar-refractivity contribution in [2.24, 2.45) is 5.41 Å². The van der Waals surface area contributed by atoms with Crippen molar-refractivity contribution in [3.05, 3.63) is 63.9 Å². The predicted octanol–water partition coefficient (Wildman–Crippen LogP) is 5.08. The zero-order chi connectivity index (χ0) is 27.5. The van der Waals surface area contributed by atoms with E-state index in [4.69, 9.17) is 22.6 Å². The molecule has 0 bridgehead atoms. The van der Waals surface area contributed by atoms with Gasteiger partial charge in [0.15, 0.2) is 11.5 Å². The molecule has 38 heavy (non-hydrogen) atoms. The Morgan fingerprint density at radius 3 is 2.42 bits per heavy atom. The Labute approximate surface area is 228 Å². The van der Waals surface area contributed by atoms with Gasteiger partial charge >= 0.3 is 6.03 Å². The second kappa shape index (κ2) is 11.2. The summed E-state index contributed by atoms with van der Waals surface area (Å²) in [6, 6.07) is 7.98. The molecule has 9 nitrogen and oxygen atoms in total. The Morgan fingerprint density at radius 1 is 1.11 bits per heavy atom. The number of hydrogen-bond acceptors (Lipinski definition) is 5. The maximum atomic E-state index is 13.1. The van der Waals surface area contributed by atoms with Gasteiger partial charge in [-0.15, -0.1) is 0 Å². The Balaban J connectivity index is 1.25. The SMILES string of the molecule is [C-]#[N+]C1(CNC(=O)Nc2ccc(C(=O)N3CCN(Cc4ccc(C(=O)CC(C)(C)C)o4)CC3)cc2Cl)CC1. The molecule has 2 N–H and O–H groups in total. The first-order chi connectivity index (χ1) is 18.0. The monoisotopic (exact) mass is 539 g/mol. The molecule has 202 valence electrons. The fraction of sp³-hybridized carbons (Fsp3) is 0.500. The van der Waals surface area contributed by atoms with E-state index >= 15 is 0 Å². The quantitative estimate of drug-likeness (QED) is 0.360. The van der Waals surface area contributed by atoms with Gasteiger partial charge in [0.2, 0.25) is 5.54 Å². The Bertz CT molecular complexity index is 1250. The lowest BCUT2D eigenvalue weighted by Gasteiger charge is -2.34. The summed E-state index contributed by atoms with van der Waals surface area (Å²) in [5, 5.41) is 5.66. The fourth-order valence-corrected chi connectivity index (χ4v) is 4.55. The van der Waals surface area contributed by atoms with E-state index in [0.717, 1.165) is 18.6 Å². The van der Waals surface area contributed by atoms with E-state index in [2.05, 4.69) is 20.4 Å². The molecule has 0 unspecified atom stereocenters. The fourth-order valence-electron chi connectivity index (χ4n) is 4.33. The first kappa shape index (κ1) is 27.7. The molecule has 0 atom stereocenters. The van der Waals surface area contributed by atoms with Crippen LogP contribution in [0.15, 0.2) is 34.7 Å². The Hall–Kier alpha value is -3.35. The first-order valence-electron chi connectivity index (χ1n) is 12.8. The highest BCUT2D eigenvalue weighted by atomic mass is 35.5. The number of nitrogens with zero attached hydrogens (tertiary/aromatic N) is 3. The van der Waals surface area contributed by atoms with Crippen LogP contribution < -0.4 is 10.6 Å². The van der Waals surface area contributed by atoms with Gasteiger partial charge in [-0.3, -0.25) is 14.5 Å². The first-order valence-corrected chi connectivity index (χ1v) is 13.2. The van der Waals surface area contributed by atoms with E-state index in [0.29, 0.717) is 62.7 Å². The average molecular weight is 540 g/mol. The van der Waals surface area contributed by atoms with Crippen molar-refractivity contribution < 1.29 is 18.8 Å². The molecule has 0 radical (unpaired) electrons. The minimum atomic E-state index is -0.451. The molecule has 1 saturated carbocycles. The number of furan rings is 1. The molecule has 1 aliphatic carbocycles. The normalized spacial score (nSPS) is 17.0. The number of benzene rings is 1. The van der Waals surface area contributed by atoms with E-state index in [9.17, 15) is 14.4 Å². The number of rotatable bonds is 8. The third kappa shape index (κ3) is 7.15. The highest BCUT2D eigenvalue weighted by Crippen LogP contribution is 2.39. The van der Waals surface area contributed by atoms with Crippen LogP contribution in [0.3, 0.4) is 0 Å². The summed E-state index contributed by atoms with van der Waals surface area (Å²) in [4.78, 5) is 45.2. The van der Waals surface area contributed by atoms with Crippen molar-refractivity contribution in [2.75, 3.05) is 38.0 Å². The van der Waals surface area contributed by atoms with Crippen LogP contribution in [0.1, 0.15) is 66.7 Å². The summed E-state index contributed by atoms with van der Waals surface area (Å²) in [6.45, 7) is 16.6. The number of piperazine rings is 1. The van der Waals surface area contributed by atoms with Gasteiger partial charge in [-0.25, -0.2) is 11.4 Å². The number of anilines is 1. The molecule has 10 heteroatoms. The number of nitrogens with one attached hydrogen (secondary N) is 2. The molecular formula is C28H34ClN5O4. The maximum absolute atomic E-state index is 13.1. The van der Waals surface area contributed by atoms with Crippen LogP contribution in [-0.2, 0) is 6.54 Å². The molecule has 2 fully saturated rings. The molecular weight excluding hydrogens is 506 g/mol. The number of ketones is 1. The average Bonchev–Trinajstić information content (AvgIpc) is 3.51. The Morgan fingerprint density at radius 2 is 1.82 bits per heavy atom. The summed E-state index contributed by atoms with van der Waals surface area (Å²) in [7, 11) is 0. The topological polar surface area (TPSA) is 99.2 Å². The number of carbonyl (C=O) groups excluding carboxylic acids is 3. The second-order valence-corrected chi connectivity index (χ2v) is 11.7. The highest BCUT2D eigenvalue weighted by molar-refractivity contribution is 6.34. The molecule has 4 rings (SSSR count). The van der Waals surface area contributed by atoms with E-state index in [-0.39, 0.29) is 22.1 Å². The summed E-state index contributed by atoms with van der Waals surface area (Å²) >= 11 is 6.35. The van der Waals surface area contributed by atoms with Crippen LogP contribution in [0.25, 0.3) is 4.85 Å². The number of halogens is 1. The lowest BCUT2D eigenvalue weighted by molar-refractivity contribution is 0.0618. The van der Waals surface area contributed by atoms with Gasteiger partial charge in [-0.2, -0.15) is 0 Å². The molecule has 2 aliphatic rings. The summed E-state index contributed by atoms with van der Waals surface area (Å²) in [5.41, 5.74) is 0.305. The zero-order valence-electron chi connectivity index (χ0n) is 22.1. The number of hydrogen-bond donors (Lipinski definition) is 2. The minimum Gasteiger partial charge on any atom is -0.457 e. The van der Waals surface area contributed by atoms with E-state index < -0.39 is 11.6 Å². The second-order valence-electron chi connectivity index (χ2n) is 11.3. The number of Topliss-reactive ketones (excluding diaryl/α,β-unsaturated/α-hetero) is 1. The molecule has 2 aromatic rings. The molecule has 0 spiro atoms. The van der Waals surface area contributed by atoms with Gasteiger partial charge in [0, 0.05) is 51.0 Å². The lowest BCUT2D eigenvalue weighted by atomic mass is 9.89. The molecule has 3 amide bonds. The van der Waals surface area contributed by atoms with Crippen molar-refractivity contribution >= 4 is 35.0 Å². The predicted molar refractivity (Wildman–Crippen MR) is 145 cm³/mol. The summed E-state index contributed by atoms with van der Waals surface area (Å²) in [5.74, 6) is 1.02. The standard InChI is InChI=1S/C28H34ClN5O4/c1-27(2,3)16-23(35)24-8-6-20(38-24)17-33-11-13-34(14-12-33)25(36)19-5-7-22(21(29)15-19)32-26(37)31-18-28(30-4)9-10-28/h5-8,15H,9-14,16-18H2,1-3H3,(H2,31,32,37). The lowest BCUT2D eigenvalue weighted by Crippen LogP contribution is -2.48. The molecule has 2 heterocycles. The van der Waals surface area contributed by atoms with Crippen molar-refractivity contribution in [2.45, 2.75) is 52.1 Å². The molecule has 1 aliphatic heterocycles. The van der Waals surface area contributed by atoms with Crippen molar-refractivity contribution in [1.82, 2.24) is 15.1 Å². The van der Waals surface area contributed by atoms with E-state index in [1.807, 2.05) is 26.8 Å². The van der Waals surface area contributed by atoms with E-state index in [1.165, 1.54) is 0 Å². The largest absolute Gasteiger partial charge is 0.457 e. The van der Waals surface area contributed by atoms with Crippen LogP contribution >= 0.6 is 11.6 Å². The molecule has 1 saturated heterocycles. The van der Waals surface area contributed by atoms with E-state index in [1.54, 1.807) is 29.2 Å². The highest BCUT2D eigenvalue weighted by Gasteiger charge is 2.50. The Kier molecular flexibility index (Phi) is 8.14. The van der Waals surface area contributed by atoms with Gasteiger partial charge in [-0.1, -0.05) is 32.4 Å². The van der Waals surface area contributed by atoms with Gasteiger partial charge in [0.05, 0.1) is 23.8 Å². The summed E-state index contributed by atoms with van der Waals surface area (Å²) < 4.78 is 5.80. The molecule has 1 aromatic carbocycles. The minimum absolute atomic E-state index is 0.00594. The maximum Gasteiger partial charge on any atom is 0.319 e. The van der Waals surface area contributed by atoms with Crippen LogP contribution in [0, 0.1) is 12.0 Å². The van der Waals surface area contributed by atoms with Crippen LogP contribution in [0.4, 0.5) is 10.5 Å². The summed E-state index contributed by atoms with van der Waals surface area (Å²) in [6.07, 6.45) is 2.02.